The summed E-state index contributed by atoms with van der Waals surface area (Å²) in [5, 5.41) is 22.2. The van der Waals surface area contributed by atoms with E-state index in [9.17, 15) is 25.0 Å². The van der Waals surface area contributed by atoms with Crippen molar-refractivity contribution in [1.29, 1.82) is 0 Å². The quantitative estimate of drug-likeness (QED) is 0.136. The highest BCUT2D eigenvalue weighted by Crippen LogP contribution is 2.16. The van der Waals surface area contributed by atoms with Crippen molar-refractivity contribution in [2.75, 3.05) is 0 Å². The second kappa shape index (κ2) is 15.2. The average molecular weight is 352 g/mol. The van der Waals surface area contributed by atoms with E-state index in [1.807, 2.05) is 19.1 Å². The lowest BCUT2D eigenvalue weighted by molar-refractivity contribution is -0.450. The summed E-state index contributed by atoms with van der Waals surface area (Å²) in [5.74, 6) is 0. The van der Waals surface area contributed by atoms with Gasteiger partial charge in [-0.3, -0.25) is 20.2 Å². The van der Waals surface area contributed by atoms with Gasteiger partial charge in [-0.1, -0.05) is 38.3 Å². The second-order valence-corrected chi connectivity index (χ2v) is 5.71. The van der Waals surface area contributed by atoms with E-state index >= 15 is 0 Å². The molecule has 0 fully saturated rings. The van der Waals surface area contributed by atoms with Gasteiger partial charge in [0.1, 0.15) is 12.7 Å². The van der Waals surface area contributed by atoms with Gasteiger partial charge < -0.3 is 4.79 Å². The fourth-order valence-corrected chi connectivity index (χ4v) is 2.25. The summed E-state index contributed by atoms with van der Waals surface area (Å²) < 4.78 is 0. The van der Waals surface area contributed by atoms with Crippen molar-refractivity contribution in [3.05, 3.63) is 55.9 Å². The molecular formula is C18H28N2O5. The van der Waals surface area contributed by atoms with Crippen LogP contribution < -0.4 is 0 Å². The Hall–Kier alpha value is -2.31. The molecule has 0 heterocycles. The van der Waals surface area contributed by atoms with Gasteiger partial charge in [0.05, 0.1) is 9.85 Å². The molecule has 0 aromatic rings. The Bertz CT molecular complexity index is 510. The van der Waals surface area contributed by atoms with Crippen molar-refractivity contribution < 1.29 is 14.6 Å². The summed E-state index contributed by atoms with van der Waals surface area (Å²) in [4.78, 5) is 31.3. The van der Waals surface area contributed by atoms with Crippen molar-refractivity contribution >= 4 is 6.29 Å². The van der Waals surface area contributed by atoms with Crippen LogP contribution in [0.15, 0.2) is 35.7 Å². The normalized spacial score (nSPS) is 12.5. The van der Waals surface area contributed by atoms with Crippen LogP contribution in [0.4, 0.5) is 0 Å². The Kier molecular flexibility index (Phi) is 13.8. The minimum atomic E-state index is -0.551. The third-order valence-electron chi connectivity index (χ3n) is 3.63. The van der Waals surface area contributed by atoms with Crippen LogP contribution in [0.2, 0.25) is 0 Å². The average Bonchev–Trinajstić information content (AvgIpc) is 2.57. The number of aldehydes is 1. The van der Waals surface area contributed by atoms with Crippen molar-refractivity contribution in [3.8, 4) is 0 Å². The van der Waals surface area contributed by atoms with Gasteiger partial charge in [-0.2, -0.15) is 0 Å². The Labute approximate surface area is 148 Å². The molecule has 0 radical (unpaired) electrons. The van der Waals surface area contributed by atoms with Crippen LogP contribution in [0.3, 0.4) is 0 Å². The van der Waals surface area contributed by atoms with E-state index in [1.54, 1.807) is 0 Å². The predicted octanol–water partition coefficient (Wildman–Crippen LogP) is 4.98. The zero-order valence-electron chi connectivity index (χ0n) is 14.9. The van der Waals surface area contributed by atoms with Crippen LogP contribution in [0.1, 0.15) is 71.1 Å². The summed E-state index contributed by atoms with van der Waals surface area (Å²) in [6.07, 6.45) is 14.2. The molecule has 0 bridgehead atoms. The minimum Gasteiger partial charge on any atom is -0.303 e. The molecule has 0 aromatic heterocycles. The first-order valence-electron chi connectivity index (χ1n) is 8.78. The van der Waals surface area contributed by atoms with Crippen LogP contribution in [0.25, 0.3) is 0 Å². The highest BCUT2D eigenvalue weighted by atomic mass is 16.6. The number of nitro groups is 2. The zero-order chi connectivity index (χ0) is 18.9. The molecule has 25 heavy (non-hydrogen) atoms. The van der Waals surface area contributed by atoms with E-state index in [1.165, 1.54) is 12.2 Å². The highest BCUT2D eigenvalue weighted by molar-refractivity contribution is 5.48. The third kappa shape index (κ3) is 12.7. The first-order valence-corrected chi connectivity index (χ1v) is 8.78. The van der Waals surface area contributed by atoms with E-state index in [4.69, 9.17) is 0 Å². The topological polar surface area (TPSA) is 103 Å². The van der Waals surface area contributed by atoms with Gasteiger partial charge in [0.2, 0.25) is 0 Å². The van der Waals surface area contributed by atoms with E-state index in [0.717, 1.165) is 44.8 Å². The summed E-state index contributed by atoms with van der Waals surface area (Å²) in [5.41, 5.74) is -0.263. The Morgan fingerprint density at radius 3 is 1.96 bits per heavy atom. The highest BCUT2D eigenvalue weighted by Gasteiger charge is 2.20. The zero-order valence-corrected chi connectivity index (χ0v) is 14.9. The standard InChI is InChI=1S/C18H28N2O5/c1-2-3-4-10-13-17(19(22)23)16-18(20(24)25)14-11-8-6-5-7-9-12-15-21/h3-4,13-15H,2,5-12,16H2,1H3/b4-3+,17-13-,18-14-. The van der Waals surface area contributed by atoms with Gasteiger partial charge in [-0.05, 0) is 44.3 Å². The van der Waals surface area contributed by atoms with Gasteiger partial charge in [0.15, 0.2) is 0 Å². The fraction of sp³-hybridized carbons (Fsp3) is 0.611. The number of allylic oxidation sites excluding steroid dienone is 4. The Morgan fingerprint density at radius 1 is 0.840 bits per heavy atom. The molecule has 0 atom stereocenters. The Morgan fingerprint density at radius 2 is 1.40 bits per heavy atom. The number of unbranched alkanes of at least 4 members (excludes halogenated alkanes) is 6. The third-order valence-corrected chi connectivity index (χ3v) is 3.63. The fourth-order valence-electron chi connectivity index (χ4n) is 2.25. The molecule has 0 amide bonds. The van der Waals surface area contributed by atoms with Gasteiger partial charge in [-0.15, -0.1) is 0 Å². The lowest BCUT2D eigenvalue weighted by atomic mass is 10.1. The number of nitrogens with zero attached hydrogens (tertiary/aromatic N) is 2. The molecule has 0 aliphatic carbocycles. The molecule has 0 aliphatic rings. The molecule has 0 spiro atoms. The molecule has 0 unspecified atom stereocenters. The van der Waals surface area contributed by atoms with Gasteiger partial charge in [-0.25, -0.2) is 0 Å². The molecule has 7 nitrogen and oxygen atoms in total. The summed E-state index contributed by atoms with van der Waals surface area (Å²) in [6.45, 7) is 1.96. The molecule has 0 rings (SSSR count). The lowest BCUT2D eigenvalue weighted by Gasteiger charge is -2.00. The summed E-state index contributed by atoms with van der Waals surface area (Å²) >= 11 is 0. The first kappa shape index (κ1) is 22.7. The van der Waals surface area contributed by atoms with Crippen molar-refractivity contribution in [3.63, 3.8) is 0 Å². The van der Waals surface area contributed by atoms with Gasteiger partial charge in [0, 0.05) is 6.42 Å². The van der Waals surface area contributed by atoms with Crippen LogP contribution in [-0.4, -0.2) is 16.1 Å². The number of hydrogen-bond donors (Lipinski definition) is 0. The maximum Gasteiger partial charge on any atom is 0.253 e. The number of carbonyl (C=O) groups excluding carboxylic acids is 1. The molecule has 0 N–H and O–H groups in total. The van der Waals surface area contributed by atoms with E-state index in [-0.39, 0.29) is 17.8 Å². The van der Waals surface area contributed by atoms with E-state index < -0.39 is 9.85 Å². The van der Waals surface area contributed by atoms with Gasteiger partial charge >= 0.3 is 0 Å². The maximum absolute atomic E-state index is 11.1. The summed E-state index contributed by atoms with van der Waals surface area (Å²) in [6, 6.07) is 0. The lowest BCUT2D eigenvalue weighted by Crippen LogP contribution is -2.06. The smallest absolute Gasteiger partial charge is 0.253 e. The van der Waals surface area contributed by atoms with Crippen LogP contribution >= 0.6 is 0 Å². The largest absolute Gasteiger partial charge is 0.303 e. The minimum absolute atomic E-state index is 0.122. The first-order chi connectivity index (χ1) is 12.0. The molecule has 0 aliphatic heterocycles. The summed E-state index contributed by atoms with van der Waals surface area (Å²) in [7, 11) is 0. The van der Waals surface area contributed by atoms with Crippen LogP contribution in [0, 0.1) is 20.2 Å². The van der Waals surface area contributed by atoms with E-state index in [0.29, 0.717) is 19.3 Å². The second-order valence-electron chi connectivity index (χ2n) is 5.71. The van der Waals surface area contributed by atoms with Crippen molar-refractivity contribution in [1.82, 2.24) is 0 Å². The maximum atomic E-state index is 11.1. The molecule has 0 aromatic carbocycles. The molecule has 0 saturated carbocycles. The molecule has 7 heteroatoms. The number of hydrogen-bond acceptors (Lipinski definition) is 5. The number of carbonyl (C=O) groups is 1. The van der Waals surface area contributed by atoms with Crippen LogP contribution in [0.5, 0.6) is 0 Å². The molecule has 140 valence electrons. The molecule has 0 saturated heterocycles. The van der Waals surface area contributed by atoms with E-state index in [2.05, 4.69) is 0 Å². The predicted molar refractivity (Wildman–Crippen MR) is 97.2 cm³/mol. The van der Waals surface area contributed by atoms with Gasteiger partial charge in [0.25, 0.3) is 11.4 Å². The SMILES string of the molecule is CC/C=C/C/C=C(/C/C(=C/CCCCCCCC=O)[N+](=O)[O-])[N+](=O)[O-]. The Balaban J connectivity index is 4.49. The molecular weight excluding hydrogens is 324 g/mol. The van der Waals surface area contributed by atoms with Crippen molar-refractivity contribution in [2.24, 2.45) is 0 Å². The number of rotatable bonds is 15. The van der Waals surface area contributed by atoms with Crippen LogP contribution in [-0.2, 0) is 4.79 Å². The van der Waals surface area contributed by atoms with Crippen molar-refractivity contribution in [2.45, 2.75) is 71.1 Å². The monoisotopic (exact) mass is 352 g/mol.